The highest BCUT2D eigenvalue weighted by atomic mass is 16.5. The highest BCUT2D eigenvalue weighted by molar-refractivity contribution is 6.17. The lowest BCUT2D eigenvalue weighted by Gasteiger charge is -2.41. The van der Waals surface area contributed by atoms with Crippen LogP contribution in [0.15, 0.2) is 198 Å². The fraction of sp³-hybridized carbons (Fsp3) is 0.175. The molecule has 0 spiro atoms. The number of para-hydroxylation sites is 2. The Labute approximate surface area is 382 Å². The molecule has 2 heteroatoms. The number of ether oxygens (including phenoxy) is 1. The van der Waals surface area contributed by atoms with Crippen LogP contribution in [0.25, 0.3) is 50.1 Å². The molecule has 0 bridgehead atoms. The van der Waals surface area contributed by atoms with E-state index in [2.05, 4.69) is 188 Å². The molecule has 8 aliphatic rings. The molecule has 0 N–H and O–H groups in total. The molecule has 2 nitrogen and oxygen atoms in total. The van der Waals surface area contributed by atoms with Gasteiger partial charge < -0.3 is 9.64 Å². The van der Waals surface area contributed by atoms with Gasteiger partial charge in [-0.3, -0.25) is 0 Å². The second kappa shape index (κ2) is 14.2. The fourth-order valence-corrected chi connectivity index (χ4v) is 13.4. The molecule has 65 heavy (non-hydrogen) atoms. The summed E-state index contributed by atoms with van der Waals surface area (Å²) in [6.45, 7) is 2.26. The molecule has 0 fully saturated rings. The Kier molecular flexibility index (Phi) is 8.12. The van der Waals surface area contributed by atoms with E-state index >= 15 is 0 Å². The van der Waals surface area contributed by atoms with Crippen molar-refractivity contribution >= 4 is 28.1 Å². The molecule has 0 aromatic heterocycles. The van der Waals surface area contributed by atoms with Gasteiger partial charge in [-0.1, -0.05) is 140 Å². The number of anilines is 2. The highest BCUT2D eigenvalue weighted by Crippen LogP contribution is 2.67. The lowest BCUT2D eigenvalue weighted by molar-refractivity contribution is 0.415. The Morgan fingerprint density at radius 2 is 1.37 bits per heavy atom. The van der Waals surface area contributed by atoms with Crippen molar-refractivity contribution in [2.75, 3.05) is 12.0 Å². The zero-order valence-corrected chi connectivity index (χ0v) is 36.9. The van der Waals surface area contributed by atoms with Gasteiger partial charge in [0, 0.05) is 34.8 Å². The molecule has 8 aliphatic carbocycles. The first-order chi connectivity index (χ1) is 32.2. The minimum absolute atomic E-state index is 0.140. The second-order valence-electron chi connectivity index (χ2n) is 19.0. The van der Waals surface area contributed by atoms with Crippen LogP contribution in [0.3, 0.4) is 0 Å². The zero-order chi connectivity index (χ0) is 42.9. The lowest BCUT2D eigenvalue weighted by Crippen LogP contribution is -2.25. The number of methoxy groups -OCH3 is 1. The Balaban J connectivity index is 1.07. The van der Waals surface area contributed by atoms with Crippen molar-refractivity contribution in [3.63, 3.8) is 0 Å². The summed E-state index contributed by atoms with van der Waals surface area (Å²) in [4.78, 5) is 2.46. The summed E-state index contributed by atoms with van der Waals surface area (Å²) in [5.74, 6) is 2.21. The summed E-state index contributed by atoms with van der Waals surface area (Å²) in [5, 5.41) is 0. The van der Waals surface area contributed by atoms with Gasteiger partial charge in [0.2, 0.25) is 0 Å². The average Bonchev–Trinajstić information content (AvgIpc) is 3.89. The molecule has 312 valence electrons. The smallest absolute Gasteiger partial charge is 0.118 e. The summed E-state index contributed by atoms with van der Waals surface area (Å²) in [6.07, 6.45) is 28.0. The molecule has 14 rings (SSSR count). The number of nitrogens with zero attached hydrogens (tertiary/aromatic N) is 1. The number of fused-ring (bicyclic) bond motifs is 8. The normalized spacial score (nSPS) is 21.8. The summed E-state index contributed by atoms with van der Waals surface area (Å²) >= 11 is 0. The maximum atomic E-state index is 5.81. The van der Waals surface area contributed by atoms with Gasteiger partial charge >= 0.3 is 0 Å². The van der Waals surface area contributed by atoms with Crippen LogP contribution in [0.1, 0.15) is 83.4 Å². The first kappa shape index (κ1) is 37.2. The Hall–Kier alpha value is -7.16. The van der Waals surface area contributed by atoms with Crippen molar-refractivity contribution in [3.8, 4) is 39.1 Å². The van der Waals surface area contributed by atoms with E-state index in [1.165, 1.54) is 114 Å². The van der Waals surface area contributed by atoms with Crippen LogP contribution in [0.2, 0.25) is 0 Å². The summed E-state index contributed by atoms with van der Waals surface area (Å²) in [7, 11) is 1.77. The van der Waals surface area contributed by atoms with E-state index in [4.69, 9.17) is 4.74 Å². The number of aryl methyl sites for hydroxylation is 1. The maximum Gasteiger partial charge on any atom is 0.118 e. The van der Waals surface area contributed by atoms with Crippen molar-refractivity contribution in [2.45, 2.75) is 50.9 Å². The van der Waals surface area contributed by atoms with Gasteiger partial charge in [0.15, 0.2) is 0 Å². The molecule has 0 radical (unpaired) electrons. The standard InChI is InChI=1S/C63H49NO/c1-3-37-23-25-39(26-24-37)55-60-49-22-12-21-48-53(64(41-15-6-4-7-16-41)42-17-8-5-9-18-42)36-35-50(57(48)49)61(60)56(40-27-29-43(65-2)30-28-40)63-52-34-32-47-45-20-11-14-38-13-10-19-44(54(38)45)46-31-33-51(62(55)63)59(52)58(46)47/h4-9,11-12,15-30,32-36,38,46,50,57H,3,10,13-14,31H2,1-2H3. The number of allylic oxidation sites excluding steroid dienone is 14. The predicted molar refractivity (Wildman–Crippen MR) is 269 cm³/mol. The third kappa shape index (κ3) is 5.17. The summed E-state index contributed by atoms with van der Waals surface area (Å²) in [5.41, 5.74) is 30.8. The molecule has 6 aromatic carbocycles. The molecule has 6 aromatic rings. The van der Waals surface area contributed by atoms with Gasteiger partial charge in [-0.25, -0.2) is 0 Å². The van der Waals surface area contributed by atoms with E-state index < -0.39 is 0 Å². The van der Waals surface area contributed by atoms with Crippen molar-refractivity contribution in [3.05, 3.63) is 237 Å². The van der Waals surface area contributed by atoms with Crippen LogP contribution in [-0.4, -0.2) is 7.11 Å². The Morgan fingerprint density at radius 1 is 0.631 bits per heavy atom. The van der Waals surface area contributed by atoms with Crippen LogP contribution in [0, 0.1) is 11.8 Å². The van der Waals surface area contributed by atoms with E-state index in [0.29, 0.717) is 11.8 Å². The van der Waals surface area contributed by atoms with E-state index in [1.54, 1.807) is 23.8 Å². The monoisotopic (exact) mass is 835 g/mol. The first-order valence-electron chi connectivity index (χ1n) is 23.9. The third-order valence-corrected chi connectivity index (χ3v) is 16.0. The molecule has 0 heterocycles. The topological polar surface area (TPSA) is 12.5 Å². The van der Waals surface area contributed by atoms with Crippen molar-refractivity contribution in [1.82, 2.24) is 0 Å². The molecule has 4 unspecified atom stereocenters. The van der Waals surface area contributed by atoms with E-state index in [1.807, 2.05) is 0 Å². The molecule has 4 atom stereocenters. The van der Waals surface area contributed by atoms with Gasteiger partial charge in [0.25, 0.3) is 0 Å². The largest absolute Gasteiger partial charge is 0.497 e. The van der Waals surface area contributed by atoms with Gasteiger partial charge in [0.05, 0.1) is 7.11 Å². The number of hydrogen-bond donors (Lipinski definition) is 0. The second-order valence-corrected chi connectivity index (χ2v) is 19.0. The van der Waals surface area contributed by atoms with E-state index in [0.717, 1.165) is 30.0 Å². The minimum Gasteiger partial charge on any atom is -0.497 e. The maximum absolute atomic E-state index is 5.81. The minimum atomic E-state index is 0.140. The van der Waals surface area contributed by atoms with Crippen LogP contribution in [0.5, 0.6) is 5.75 Å². The lowest BCUT2D eigenvalue weighted by atomic mass is 9.62. The van der Waals surface area contributed by atoms with Crippen LogP contribution >= 0.6 is 0 Å². The van der Waals surface area contributed by atoms with Crippen LogP contribution in [0.4, 0.5) is 11.4 Å². The predicted octanol–water partition coefficient (Wildman–Crippen LogP) is 15.9. The van der Waals surface area contributed by atoms with Crippen molar-refractivity contribution in [1.29, 1.82) is 0 Å². The van der Waals surface area contributed by atoms with Gasteiger partial charge in [-0.05, 0) is 186 Å². The van der Waals surface area contributed by atoms with Gasteiger partial charge in [-0.15, -0.1) is 0 Å². The third-order valence-electron chi connectivity index (χ3n) is 16.0. The van der Waals surface area contributed by atoms with Crippen LogP contribution in [-0.2, 0) is 6.42 Å². The van der Waals surface area contributed by atoms with Crippen LogP contribution < -0.4 is 9.64 Å². The highest BCUT2D eigenvalue weighted by Gasteiger charge is 2.49. The summed E-state index contributed by atoms with van der Waals surface area (Å²) < 4.78 is 5.81. The summed E-state index contributed by atoms with van der Waals surface area (Å²) in [6, 6.07) is 45.4. The average molecular weight is 836 g/mol. The molecular formula is C63H49NO. The zero-order valence-electron chi connectivity index (χ0n) is 36.9. The molecule has 0 amide bonds. The van der Waals surface area contributed by atoms with E-state index in [9.17, 15) is 0 Å². The van der Waals surface area contributed by atoms with E-state index in [-0.39, 0.29) is 11.8 Å². The van der Waals surface area contributed by atoms with Crippen molar-refractivity contribution < 1.29 is 4.74 Å². The Morgan fingerprint density at radius 3 is 2.12 bits per heavy atom. The molecular weight excluding hydrogens is 787 g/mol. The number of benzene rings is 6. The molecule has 0 saturated carbocycles. The Bertz CT molecular complexity index is 3270. The molecule has 0 saturated heterocycles. The molecule has 0 aliphatic heterocycles. The first-order valence-corrected chi connectivity index (χ1v) is 23.9. The quantitative estimate of drug-likeness (QED) is 0.159. The number of rotatable bonds is 7. The SMILES string of the molecule is CCc1ccc(-c2c3c(c(-c4ccc(OC)cc4)c4c2C2=CC=CC5=C(N(c6ccccc6)c6ccccc6)C=CC4C25)-c2ccc4c5c2C3=CCC5C2=CCCC3CC=CC4=C23)cc1. The van der Waals surface area contributed by atoms with Gasteiger partial charge in [-0.2, -0.15) is 0 Å². The number of hydrogen-bond acceptors (Lipinski definition) is 2. The van der Waals surface area contributed by atoms with Gasteiger partial charge in [0.1, 0.15) is 5.75 Å². The fourth-order valence-electron chi connectivity index (χ4n) is 13.4. The van der Waals surface area contributed by atoms with Crippen molar-refractivity contribution in [2.24, 2.45) is 11.8 Å².